The van der Waals surface area contributed by atoms with Gasteiger partial charge in [0.2, 0.25) is 0 Å². The van der Waals surface area contributed by atoms with E-state index in [0.29, 0.717) is 24.2 Å². The lowest BCUT2D eigenvalue weighted by Crippen LogP contribution is -2.59. The molecular weight excluding hydrogens is 468 g/mol. The van der Waals surface area contributed by atoms with Gasteiger partial charge in [0.15, 0.2) is 0 Å². The SMILES string of the molecule is Cc1ccc(S(=O)(=O)N2c3ccccc3N(S(=O)(=O)c3ccc(C)cc3)[C@H]3CCC=C[C@H]32)cc1. The quantitative estimate of drug-likeness (QED) is 0.489. The molecule has 0 N–H and O–H groups in total. The van der Waals surface area contributed by atoms with Gasteiger partial charge in [0.1, 0.15) is 0 Å². The first-order chi connectivity index (χ1) is 16.2. The largest absolute Gasteiger partial charge is 0.265 e. The number of aryl methyl sites for hydroxylation is 2. The maximum atomic E-state index is 13.9. The highest BCUT2D eigenvalue weighted by Crippen LogP contribution is 2.46. The Balaban J connectivity index is 1.72. The van der Waals surface area contributed by atoms with Gasteiger partial charge in [0.05, 0.1) is 33.2 Å². The van der Waals surface area contributed by atoms with E-state index in [-0.39, 0.29) is 9.79 Å². The van der Waals surface area contributed by atoms with Crippen LogP contribution in [0.1, 0.15) is 24.0 Å². The minimum Gasteiger partial charge on any atom is -0.259 e. The third-order valence-electron chi connectivity index (χ3n) is 6.44. The summed E-state index contributed by atoms with van der Waals surface area (Å²) >= 11 is 0. The summed E-state index contributed by atoms with van der Waals surface area (Å²) in [5.41, 5.74) is 2.65. The minimum absolute atomic E-state index is 0.181. The summed E-state index contributed by atoms with van der Waals surface area (Å²) in [6.07, 6.45) is 4.94. The fourth-order valence-corrected chi connectivity index (χ4v) is 8.07. The first-order valence-corrected chi connectivity index (χ1v) is 14.1. The van der Waals surface area contributed by atoms with Crippen molar-refractivity contribution in [2.24, 2.45) is 0 Å². The van der Waals surface area contributed by atoms with Crippen molar-refractivity contribution in [3.8, 4) is 0 Å². The lowest BCUT2D eigenvalue weighted by Gasteiger charge is -2.48. The standard InChI is InChI=1S/C26H26N2O4S2/c1-19-11-15-21(16-12-19)33(29,30)27-23-7-3-5-9-25(23)28(26-10-6-4-8-24(26)27)34(31,32)22-17-13-20(2)14-18-22/h3-5,7-9,11-18,24,26H,6,10H2,1-2H3/t24-,26+/m1/s1. The van der Waals surface area contributed by atoms with Crippen molar-refractivity contribution < 1.29 is 16.8 Å². The van der Waals surface area contributed by atoms with Gasteiger partial charge in [0, 0.05) is 0 Å². The molecule has 2 aliphatic rings. The zero-order chi connectivity index (χ0) is 24.1. The van der Waals surface area contributed by atoms with Crippen molar-refractivity contribution in [2.45, 2.75) is 48.6 Å². The van der Waals surface area contributed by atoms with Crippen LogP contribution in [0.15, 0.2) is 94.7 Å². The summed E-state index contributed by atoms with van der Waals surface area (Å²) in [7, 11) is -7.86. The van der Waals surface area contributed by atoms with Crippen LogP contribution in [-0.2, 0) is 20.0 Å². The second-order valence-corrected chi connectivity index (χ2v) is 12.4. The minimum atomic E-state index is -3.94. The Kier molecular flexibility index (Phi) is 5.53. The second-order valence-electron chi connectivity index (χ2n) is 8.78. The summed E-state index contributed by atoms with van der Waals surface area (Å²) in [5.74, 6) is 0. The van der Waals surface area contributed by atoms with Crippen LogP contribution in [0.25, 0.3) is 0 Å². The molecule has 1 heterocycles. The molecule has 1 aliphatic carbocycles. The molecule has 3 aromatic rings. The summed E-state index contributed by atoms with van der Waals surface area (Å²) in [6, 6.07) is 19.1. The molecule has 6 nitrogen and oxygen atoms in total. The van der Waals surface area contributed by atoms with Crippen molar-refractivity contribution in [1.82, 2.24) is 0 Å². The zero-order valence-electron chi connectivity index (χ0n) is 19.0. The lowest BCUT2D eigenvalue weighted by atomic mass is 9.93. The van der Waals surface area contributed by atoms with Crippen LogP contribution >= 0.6 is 0 Å². The van der Waals surface area contributed by atoms with E-state index < -0.39 is 32.1 Å². The van der Waals surface area contributed by atoms with Crippen molar-refractivity contribution >= 4 is 31.4 Å². The van der Waals surface area contributed by atoms with Crippen LogP contribution in [0.5, 0.6) is 0 Å². The smallest absolute Gasteiger partial charge is 0.259 e. The molecule has 5 rings (SSSR count). The van der Waals surface area contributed by atoms with Crippen LogP contribution < -0.4 is 8.61 Å². The normalized spacial score (nSPS) is 20.1. The zero-order valence-corrected chi connectivity index (χ0v) is 20.6. The average molecular weight is 495 g/mol. The van der Waals surface area contributed by atoms with Gasteiger partial charge in [-0.3, -0.25) is 8.61 Å². The second kappa shape index (κ2) is 8.29. The molecule has 34 heavy (non-hydrogen) atoms. The maximum absolute atomic E-state index is 13.9. The van der Waals surface area contributed by atoms with E-state index in [0.717, 1.165) is 11.1 Å². The van der Waals surface area contributed by atoms with Crippen LogP contribution in [-0.4, -0.2) is 28.9 Å². The van der Waals surface area contributed by atoms with Crippen molar-refractivity contribution in [3.63, 3.8) is 0 Å². The lowest BCUT2D eigenvalue weighted by molar-refractivity contribution is 0.499. The number of hydrogen-bond donors (Lipinski definition) is 0. The van der Waals surface area contributed by atoms with E-state index in [9.17, 15) is 16.8 Å². The Morgan fingerprint density at radius 3 is 1.68 bits per heavy atom. The van der Waals surface area contributed by atoms with Gasteiger partial charge in [-0.15, -0.1) is 0 Å². The molecule has 0 amide bonds. The van der Waals surface area contributed by atoms with E-state index in [1.807, 2.05) is 26.0 Å². The van der Waals surface area contributed by atoms with Crippen molar-refractivity contribution in [1.29, 1.82) is 0 Å². The van der Waals surface area contributed by atoms with Gasteiger partial charge in [0.25, 0.3) is 20.0 Å². The molecule has 0 unspecified atom stereocenters. The predicted octanol–water partition coefficient (Wildman–Crippen LogP) is 4.79. The highest BCUT2D eigenvalue weighted by molar-refractivity contribution is 7.93. The van der Waals surface area contributed by atoms with E-state index in [1.165, 1.54) is 8.61 Å². The summed E-state index contributed by atoms with van der Waals surface area (Å²) < 4.78 is 58.5. The number of sulfonamides is 2. The van der Waals surface area contributed by atoms with Gasteiger partial charge >= 0.3 is 0 Å². The highest BCUT2D eigenvalue weighted by atomic mass is 32.2. The summed E-state index contributed by atoms with van der Waals surface area (Å²) in [6.45, 7) is 3.81. The Hall–Kier alpha value is -3.10. The molecule has 0 spiro atoms. The monoisotopic (exact) mass is 494 g/mol. The first kappa shape index (κ1) is 22.7. The average Bonchev–Trinajstić information content (AvgIpc) is 2.82. The number of hydrogen-bond acceptors (Lipinski definition) is 4. The molecule has 0 fully saturated rings. The van der Waals surface area contributed by atoms with Crippen molar-refractivity contribution in [3.05, 3.63) is 96.1 Å². The molecule has 0 aromatic heterocycles. The Morgan fingerprint density at radius 2 is 1.15 bits per heavy atom. The van der Waals surface area contributed by atoms with E-state index in [1.54, 1.807) is 72.8 Å². The molecule has 0 bridgehead atoms. The predicted molar refractivity (Wildman–Crippen MR) is 134 cm³/mol. The van der Waals surface area contributed by atoms with Crippen LogP contribution in [0, 0.1) is 13.8 Å². The van der Waals surface area contributed by atoms with E-state index in [4.69, 9.17) is 0 Å². The molecular formula is C26H26N2O4S2. The maximum Gasteiger partial charge on any atom is 0.265 e. The van der Waals surface area contributed by atoms with Crippen molar-refractivity contribution in [2.75, 3.05) is 8.61 Å². The van der Waals surface area contributed by atoms with E-state index in [2.05, 4.69) is 0 Å². The Morgan fingerprint density at radius 1 is 0.676 bits per heavy atom. The first-order valence-electron chi connectivity index (χ1n) is 11.2. The van der Waals surface area contributed by atoms with Crippen LogP contribution in [0.3, 0.4) is 0 Å². The number of anilines is 2. The van der Waals surface area contributed by atoms with Gasteiger partial charge in [-0.25, -0.2) is 16.8 Å². The van der Waals surface area contributed by atoms with Gasteiger partial charge in [-0.2, -0.15) is 0 Å². The molecule has 8 heteroatoms. The number of rotatable bonds is 4. The molecule has 0 saturated heterocycles. The molecule has 3 aromatic carbocycles. The Labute approximate surface area is 201 Å². The van der Waals surface area contributed by atoms with Crippen LogP contribution in [0.2, 0.25) is 0 Å². The molecule has 1 aliphatic heterocycles. The van der Waals surface area contributed by atoms with Gasteiger partial charge in [-0.1, -0.05) is 59.7 Å². The summed E-state index contributed by atoms with van der Waals surface area (Å²) in [5, 5.41) is 0. The van der Waals surface area contributed by atoms with E-state index >= 15 is 0 Å². The number of fused-ring (bicyclic) bond motifs is 2. The fourth-order valence-electron chi connectivity index (χ4n) is 4.71. The highest BCUT2D eigenvalue weighted by Gasteiger charge is 2.48. The summed E-state index contributed by atoms with van der Waals surface area (Å²) in [4.78, 5) is 0.372. The number of para-hydroxylation sites is 2. The fraction of sp³-hybridized carbons (Fsp3) is 0.231. The molecule has 0 saturated carbocycles. The van der Waals surface area contributed by atoms with Gasteiger partial charge < -0.3 is 0 Å². The van der Waals surface area contributed by atoms with Crippen LogP contribution in [0.4, 0.5) is 11.4 Å². The number of benzene rings is 3. The van der Waals surface area contributed by atoms with Gasteiger partial charge in [-0.05, 0) is 63.1 Å². The molecule has 176 valence electrons. The third-order valence-corrected chi connectivity index (χ3v) is 10.1. The molecule has 2 atom stereocenters. The Bertz CT molecular complexity index is 1460. The molecule has 0 radical (unpaired) electrons. The number of nitrogens with zero attached hydrogens (tertiary/aromatic N) is 2. The topological polar surface area (TPSA) is 74.8 Å². The third kappa shape index (κ3) is 3.61. The number of allylic oxidation sites excluding steroid dienone is 1.